The molecular formula is C23H23N3O7S2. The van der Waals surface area contributed by atoms with Crippen molar-refractivity contribution in [1.82, 2.24) is 0 Å². The number of aryl methyl sites for hydroxylation is 2. The summed E-state index contributed by atoms with van der Waals surface area (Å²) in [5.41, 5.74) is 1.41. The Morgan fingerprint density at radius 3 is 2.37 bits per heavy atom. The number of benzene rings is 3. The average Bonchev–Trinajstić information content (AvgIpc) is 2.83. The molecule has 0 saturated carbocycles. The molecule has 0 aromatic heterocycles. The van der Waals surface area contributed by atoms with Crippen LogP contribution in [0.1, 0.15) is 17.5 Å². The van der Waals surface area contributed by atoms with Crippen molar-refractivity contribution < 1.29 is 26.5 Å². The van der Waals surface area contributed by atoms with Crippen LogP contribution in [0.5, 0.6) is 5.75 Å². The second-order valence-electron chi connectivity index (χ2n) is 8.01. The van der Waals surface area contributed by atoms with Crippen LogP contribution < -0.4 is 13.8 Å². The molecule has 10 nitrogen and oxygen atoms in total. The zero-order valence-electron chi connectivity index (χ0n) is 19.0. The predicted molar refractivity (Wildman–Crippen MR) is 131 cm³/mol. The molecule has 0 saturated heterocycles. The van der Waals surface area contributed by atoms with E-state index in [1.54, 1.807) is 31.2 Å². The molecule has 3 aromatic rings. The minimum absolute atomic E-state index is 0.122. The summed E-state index contributed by atoms with van der Waals surface area (Å²) in [6, 6.07) is 14.4. The van der Waals surface area contributed by atoms with Crippen molar-refractivity contribution in [3.63, 3.8) is 0 Å². The maximum absolute atomic E-state index is 13.3. The van der Waals surface area contributed by atoms with E-state index in [-0.39, 0.29) is 21.2 Å². The van der Waals surface area contributed by atoms with E-state index in [2.05, 4.69) is 4.72 Å². The third kappa shape index (κ3) is 4.80. The van der Waals surface area contributed by atoms with Gasteiger partial charge in [0.1, 0.15) is 5.75 Å². The molecule has 0 spiro atoms. The van der Waals surface area contributed by atoms with Crippen LogP contribution in [0.2, 0.25) is 0 Å². The highest BCUT2D eigenvalue weighted by Gasteiger charge is 2.30. The number of rotatable bonds is 7. The molecule has 0 radical (unpaired) electrons. The fourth-order valence-electron chi connectivity index (χ4n) is 3.95. The van der Waals surface area contributed by atoms with Gasteiger partial charge in [-0.25, -0.2) is 16.8 Å². The number of fused-ring (bicyclic) bond motifs is 1. The number of hydrogen-bond donors (Lipinski definition) is 1. The lowest BCUT2D eigenvalue weighted by atomic mass is 10.0. The molecule has 0 unspecified atom stereocenters. The fraction of sp³-hybridized carbons (Fsp3) is 0.217. The van der Waals surface area contributed by atoms with Gasteiger partial charge in [-0.2, -0.15) is 0 Å². The first kappa shape index (κ1) is 24.5. The van der Waals surface area contributed by atoms with Crippen molar-refractivity contribution in [3.05, 3.63) is 81.9 Å². The lowest BCUT2D eigenvalue weighted by molar-refractivity contribution is -0.385. The molecule has 4 rings (SSSR count). The van der Waals surface area contributed by atoms with Crippen molar-refractivity contribution in [3.8, 4) is 5.75 Å². The molecule has 0 bridgehead atoms. The number of nitro benzene ring substituents is 1. The second-order valence-corrected chi connectivity index (χ2v) is 11.5. The van der Waals surface area contributed by atoms with Crippen LogP contribution >= 0.6 is 0 Å². The third-order valence-electron chi connectivity index (χ3n) is 5.73. The summed E-state index contributed by atoms with van der Waals surface area (Å²) < 4.78 is 61.4. The Bertz CT molecular complexity index is 1500. The standard InChI is InChI=1S/C23H23N3O7S2/c1-16-5-7-19(26(27)28)15-23(16)34(29,30)24-18-6-12-22-17(14-18)4-3-13-25(22)35(31,32)21-10-8-20(33-2)9-11-21/h5-12,14-15,24H,3-4,13H2,1-2H3. The maximum atomic E-state index is 13.3. The fourth-order valence-corrected chi connectivity index (χ4v) is 6.81. The van der Waals surface area contributed by atoms with E-state index < -0.39 is 25.0 Å². The second kappa shape index (κ2) is 9.19. The zero-order valence-corrected chi connectivity index (χ0v) is 20.6. The number of nitro groups is 1. The van der Waals surface area contributed by atoms with Gasteiger partial charge in [0.15, 0.2) is 0 Å². The summed E-state index contributed by atoms with van der Waals surface area (Å²) in [5, 5.41) is 11.1. The van der Waals surface area contributed by atoms with Crippen LogP contribution in [0, 0.1) is 17.0 Å². The van der Waals surface area contributed by atoms with Crippen LogP contribution in [0.3, 0.4) is 0 Å². The van der Waals surface area contributed by atoms with Crippen molar-refractivity contribution in [2.75, 3.05) is 22.7 Å². The summed E-state index contributed by atoms with van der Waals surface area (Å²) in [5.74, 6) is 0.541. The zero-order chi connectivity index (χ0) is 25.4. The Morgan fingerprint density at radius 1 is 1.00 bits per heavy atom. The Morgan fingerprint density at radius 2 is 1.71 bits per heavy atom. The highest BCUT2D eigenvalue weighted by molar-refractivity contribution is 7.93. The van der Waals surface area contributed by atoms with Gasteiger partial charge in [0, 0.05) is 24.4 Å². The molecule has 0 amide bonds. The summed E-state index contributed by atoms with van der Waals surface area (Å²) in [4.78, 5) is 10.4. The van der Waals surface area contributed by atoms with Gasteiger partial charge >= 0.3 is 0 Å². The number of methoxy groups -OCH3 is 1. The van der Waals surface area contributed by atoms with E-state index >= 15 is 0 Å². The first-order chi connectivity index (χ1) is 16.5. The van der Waals surface area contributed by atoms with Crippen molar-refractivity contribution in [1.29, 1.82) is 0 Å². The Balaban J connectivity index is 1.65. The normalized spacial score (nSPS) is 13.7. The van der Waals surface area contributed by atoms with Gasteiger partial charge in [0.2, 0.25) is 0 Å². The maximum Gasteiger partial charge on any atom is 0.270 e. The minimum atomic E-state index is -4.12. The van der Waals surface area contributed by atoms with E-state index in [9.17, 15) is 26.9 Å². The molecule has 0 atom stereocenters. The Labute approximate surface area is 203 Å². The molecule has 1 aliphatic heterocycles. The minimum Gasteiger partial charge on any atom is -0.497 e. The monoisotopic (exact) mass is 517 g/mol. The summed E-state index contributed by atoms with van der Waals surface area (Å²) in [6.07, 6.45) is 1.12. The molecule has 1 heterocycles. The Kier molecular flexibility index (Phi) is 6.43. The van der Waals surface area contributed by atoms with Crippen LogP contribution in [-0.2, 0) is 26.5 Å². The van der Waals surface area contributed by atoms with E-state index in [1.807, 2.05) is 0 Å². The Hall–Kier alpha value is -3.64. The summed E-state index contributed by atoms with van der Waals surface area (Å²) in [7, 11) is -6.45. The van der Waals surface area contributed by atoms with E-state index in [0.717, 1.165) is 6.07 Å². The number of sulfonamides is 2. The number of nitrogens with one attached hydrogen (secondary N) is 1. The van der Waals surface area contributed by atoms with Gasteiger partial charge in [0.25, 0.3) is 25.7 Å². The highest BCUT2D eigenvalue weighted by Crippen LogP contribution is 2.35. The van der Waals surface area contributed by atoms with Gasteiger partial charge in [0.05, 0.1) is 27.5 Å². The van der Waals surface area contributed by atoms with E-state index in [4.69, 9.17) is 4.74 Å². The third-order valence-corrected chi connectivity index (χ3v) is 9.08. The quantitative estimate of drug-likeness (QED) is 0.371. The molecule has 0 aliphatic carbocycles. The topological polar surface area (TPSA) is 136 Å². The molecule has 12 heteroatoms. The number of non-ortho nitro benzene ring substituents is 1. The number of hydrogen-bond acceptors (Lipinski definition) is 7. The van der Waals surface area contributed by atoms with E-state index in [1.165, 1.54) is 41.7 Å². The van der Waals surface area contributed by atoms with Gasteiger partial charge in [-0.3, -0.25) is 19.1 Å². The molecule has 0 fully saturated rings. The smallest absolute Gasteiger partial charge is 0.270 e. The highest BCUT2D eigenvalue weighted by atomic mass is 32.2. The lowest BCUT2D eigenvalue weighted by Crippen LogP contribution is -2.35. The van der Waals surface area contributed by atoms with Crippen molar-refractivity contribution in [2.24, 2.45) is 0 Å². The SMILES string of the molecule is COc1ccc(S(=O)(=O)N2CCCc3cc(NS(=O)(=O)c4cc([N+](=O)[O-])ccc4C)ccc32)cc1. The molecule has 184 valence electrons. The first-order valence-corrected chi connectivity index (χ1v) is 13.5. The number of anilines is 2. The number of nitrogens with zero attached hydrogens (tertiary/aromatic N) is 2. The van der Waals surface area contributed by atoms with E-state index in [0.29, 0.717) is 42.0 Å². The van der Waals surface area contributed by atoms with Crippen LogP contribution in [0.25, 0.3) is 0 Å². The average molecular weight is 518 g/mol. The summed E-state index contributed by atoms with van der Waals surface area (Å²) in [6.45, 7) is 1.84. The van der Waals surface area contributed by atoms with Crippen LogP contribution in [-0.4, -0.2) is 35.4 Å². The largest absolute Gasteiger partial charge is 0.497 e. The molecular weight excluding hydrogens is 494 g/mol. The lowest BCUT2D eigenvalue weighted by Gasteiger charge is -2.31. The van der Waals surface area contributed by atoms with Crippen molar-refractivity contribution >= 4 is 37.1 Å². The van der Waals surface area contributed by atoms with Crippen molar-refractivity contribution in [2.45, 2.75) is 29.6 Å². The van der Waals surface area contributed by atoms with Gasteiger partial charge in [-0.1, -0.05) is 6.07 Å². The molecule has 3 aromatic carbocycles. The van der Waals surface area contributed by atoms with Gasteiger partial charge in [-0.15, -0.1) is 0 Å². The molecule has 35 heavy (non-hydrogen) atoms. The molecule has 1 aliphatic rings. The van der Waals surface area contributed by atoms with Gasteiger partial charge < -0.3 is 4.74 Å². The predicted octanol–water partition coefficient (Wildman–Crippen LogP) is 3.85. The number of ether oxygens (including phenoxy) is 1. The first-order valence-electron chi connectivity index (χ1n) is 10.6. The van der Waals surface area contributed by atoms with Crippen LogP contribution in [0.15, 0.2) is 70.5 Å². The molecule has 1 N–H and O–H groups in total. The summed E-state index contributed by atoms with van der Waals surface area (Å²) >= 11 is 0. The van der Waals surface area contributed by atoms with Gasteiger partial charge in [-0.05, 0) is 73.4 Å². The van der Waals surface area contributed by atoms with Crippen LogP contribution in [0.4, 0.5) is 17.1 Å².